The first-order chi connectivity index (χ1) is 21.3. The first-order valence-corrected chi connectivity index (χ1v) is 16.2. The Bertz CT molecular complexity index is 2440. The molecule has 202 valence electrons. The van der Waals surface area contributed by atoms with Gasteiger partial charge in [0.05, 0.1) is 5.69 Å². The zero-order chi connectivity index (χ0) is 28.3. The first-order valence-electron chi connectivity index (χ1n) is 14.5. The Morgan fingerprint density at radius 3 is 1.86 bits per heavy atom. The van der Waals surface area contributed by atoms with Gasteiger partial charge in [-0.05, 0) is 70.4 Å². The van der Waals surface area contributed by atoms with E-state index in [2.05, 4.69) is 157 Å². The van der Waals surface area contributed by atoms with Gasteiger partial charge in [0.15, 0.2) is 0 Å². The zero-order valence-corrected chi connectivity index (χ0v) is 24.8. The molecule has 2 aromatic heterocycles. The largest absolute Gasteiger partial charge is 0.310 e. The first kappa shape index (κ1) is 24.6. The van der Waals surface area contributed by atoms with Gasteiger partial charge in [-0.2, -0.15) is 0 Å². The van der Waals surface area contributed by atoms with Gasteiger partial charge in [0.1, 0.15) is 0 Å². The van der Waals surface area contributed by atoms with E-state index in [4.69, 9.17) is 0 Å². The van der Waals surface area contributed by atoms with Crippen LogP contribution in [0.5, 0.6) is 0 Å². The van der Waals surface area contributed by atoms with E-state index in [0.29, 0.717) is 0 Å². The van der Waals surface area contributed by atoms with Crippen LogP contribution < -0.4 is 4.90 Å². The van der Waals surface area contributed by atoms with Gasteiger partial charge in [-0.1, -0.05) is 103 Å². The van der Waals surface area contributed by atoms with Gasteiger partial charge in [-0.25, -0.2) is 0 Å². The highest BCUT2D eigenvalue weighted by atomic mass is 32.1. The molecule has 0 saturated heterocycles. The molecule has 0 bridgehead atoms. The van der Waals surface area contributed by atoms with Gasteiger partial charge in [0, 0.05) is 51.7 Å². The Morgan fingerprint density at radius 2 is 1.02 bits per heavy atom. The van der Waals surface area contributed by atoms with Crippen molar-refractivity contribution in [1.29, 1.82) is 0 Å². The summed E-state index contributed by atoms with van der Waals surface area (Å²) in [5.41, 5.74) is 5.95. The number of nitrogens with zero attached hydrogens (tertiary/aromatic N) is 1. The predicted octanol–water partition coefficient (Wildman–Crippen LogP) is 12.7. The number of hydrogen-bond acceptors (Lipinski definition) is 3. The monoisotopic (exact) mass is 583 g/mol. The Hall–Kier alpha value is -4.96. The standard InChI is InChI=1S/C40H25NS2/c1-3-10-26(11-4-1)27-18-21-30(22-19-27)41(29-13-5-2-6-14-29)33-16-9-17-34-38(33)39-36(42-34)25-23-32-37-31-15-8-7-12-28(31)20-24-35(37)43-40(32)39/h1-25H. The van der Waals surface area contributed by atoms with Gasteiger partial charge in [0.2, 0.25) is 0 Å². The highest BCUT2D eigenvalue weighted by Crippen LogP contribution is 2.50. The van der Waals surface area contributed by atoms with Crippen molar-refractivity contribution in [1.82, 2.24) is 0 Å². The average Bonchev–Trinajstić information content (AvgIpc) is 3.65. The highest BCUT2D eigenvalue weighted by molar-refractivity contribution is 7.30. The van der Waals surface area contributed by atoms with Crippen LogP contribution in [-0.4, -0.2) is 0 Å². The van der Waals surface area contributed by atoms with Crippen molar-refractivity contribution in [2.24, 2.45) is 0 Å². The molecule has 3 heteroatoms. The van der Waals surface area contributed by atoms with Gasteiger partial charge >= 0.3 is 0 Å². The third-order valence-corrected chi connectivity index (χ3v) is 10.8. The van der Waals surface area contributed by atoms with Crippen LogP contribution in [0.2, 0.25) is 0 Å². The molecule has 0 radical (unpaired) electrons. The van der Waals surface area contributed by atoms with E-state index in [1.54, 1.807) is 0 Å². The zero-order valence-electron chi connectivity index (χ0n) is 23.2. The quantitative estimate of drug-likeness (QED) is 0.199. The lowest BCUT2D eigenvalue weighted by Gasteiger charge is -2.26. The van der Waals surface area contributed by atoms with E-state index in [0.717, 1.165) is 11.4 Å². The third kappa shape index (κ3) is 3.90. The summed E-state index contributed by atoms with van der Waals surface area (Å²) in [6.45, 7) is 0. The van der Waals surface area contributed by atoms with Crippen LogP contribution in [0.1, 0.15) is 0 Å². The summed E-state index contributed by atoms with van der Waals surface area (Å²) >= 11 is 3.82. The second kappa shape index (κ2) is 9.81. The van der Waals surface area contributed by atoms with E-state index in [1.165, 1.54) is 67.9 Å². The van der Waals surface area contributed by atoms with E-state index in [1.807, 2.05) is 22.7 Å². The number of anilines is 3. The number of rotatable bonds is 4. The smallest absolute Gasteiger partial charge is 0.0555 e. The second-order valence-electron chi connectivity index (χ2n) is 10.9. The van der Waals surface area contributed by atoms with Crippen LogP contribution in [0.3, 0.4) is 0 Å². The average molecular weight is 584 g/mol. The summed E-state index contributed by atoms with van der Waals surface area (Å²) in [4.78, 5) is 2.42. The molecule has 0 fully saturated rings. The topological polar surface area (TPSA) is 3.24 Å². The fraction of sp³-hybridized carbons (Fsp3) is 0. The second-order valence-corrected chi connectivity index (χ2v) is 13.0. The Labute approximate surface area is 257 Å². The summed E-state index contributed by atoms with van der Waals surface area (Å²) in [5.74, 6) is 0. The summed E-state index contributed by atoms with van der Waals surface area (Å²) in [6, 6.07) is 55.1. The Morgan fingerprint density at radius 1 is 0.372 bits per heavy atom. The van der Waals surface area contributed by atoms with Crippen LogP contribution in [0, 0.1) is 0 Å². The Balaban J connectivity index is 1.33. The van der Waals surface area contributed by atoms with Gasteiger partial charge in [-0.3, -0.25) is 0 Å². The molecule has 0 saturated carbocycles. The van der Waals surface area contributed by atoms with Crippen molar-refractivity contribution >= 4 is 90.9 Å². The van der Waals surface area contributed by atoms with Crippen molar-refractivity contribution in [3.63, 3.8) is 0 Å². The minimum Gasteiger partial charge on any atom is -0.310 e. The molecule has 0 atom stereocenters. The molecule has 0 amide bonds. The fourth-order valence-corrected chi connectivity index (χ4v) is 8.98. The molecule has 0 spiro atoms. The molecule has 0 aliphatic heterocycles. The van der Waals surface area contributed by atoms with Crippen LogP contribution in [-0.2, 0) is 0 Å². The SMILES string of the molecule is c1ccc(-c2ccc(N(c3ccccc3)c3cccc4sc5ccc6c(sc7ccc8ccccc8c76)c5c34)cc2)cc1. The molecule has 0 aliphatic rings. The van der Waals surface area contributed by atoms with Crippen LogP contribution in [0.25, 0.3) is 62.2 Å². The summed E-state index contributed by atoms with van der Waals surface area (Å²) in [5, 5.41) is 8.01. The highest BCUT2D eigenvalue weighted by Gasteiger charge is 2.21. The minimum atomic E-state index is 1.15. The van der Waals surface area contributed by atoms with Gasteiger partial charge in [0.25, 0.3) is 0 Å². The van der Waals surface area contributed by atoms with Crippen molar-refractivity contribution in [3.05, 3.63) is 152 Å². The predicted molar refractivity (Wildman–Crippen MR) is 190 cm³/mol. The summed E-state index contributed by atoms with van der Waals surface area (Å²) in [7, 11) is 0. The molecule has 2 heterocycles. The molecule has 9 rings (SSSR count). The molecule has 0 unspecified atom stereocenters. The van der Waals surface area contributed by atoms with Crippen molar-refractivity contribution in [2.45, 2.75) is 0 Å². The fourth-order valence-electron chi connectivity index (χ4n) is 6.51. The molecular weight excluding hydrogens is 559 g/mol. The van der Waals surface area contributed by atoms with Crippen molar-refractivity contribution in [2.75, 3.05) is 4.90 Å². The van der Waals surface area contributed by atoms with E-state index >= 15 is 0 Å². The minimum absolute atomic E-state index is 1.15. The van der Waals surface area contributed by atoms with Crippen LogP contribution >= 0.6 is 22.7 Å². The number of hydrogen-bond donors (Lipinski definition) is 0. The number of benzene rings is 7. The maximum atomic E-state index is 2.42. The number of fused-ring (bicyclic) bond motifs is 9. The molecule has 7 aromatic carbocycles. The van der Waals surface area contributed by atoms with Crippen molar-refractivity contribution in [3.8, 4) is 11.1 Å². The van der Waals surface area contributed by atoms with Crippen LogP contribution in [0.15, 0.2) is 152 Å². The van der Waals surface area contributed by atoms with Gasteiger partial charge in [-0.15, -0.1) is 22.7 Å². The van der Waals surface area contributed by atoms with E-state index < -0.39 is 0 Å². The van der Waals surface area contributed by atoms with Gasteiger partial charge < -0.3 is 4.90 Å². The summed E-state index contributed by atoms with van der Waals surface area (Å²) < 4.78 is 5.35. The molecular formula is C40H25NS2. The van der Waals surface area contributed by atoms with Crippen molar-refractivity contribution < 1.29 is 0 Å². The molecule has 9 aromatic rings. The maximum absolute atomic E-state index is 2.42. The normalized spacial score (nSPS) is 11.7. The lowest BCUT2D eigenvalue weighted by Crippen LogP contribution is -2.10. The molecule has 43 heavy (non-hydrogen) atoms. The van der Waals surface area contributed by atoms with E-state index in [9.17, 15) is 0 Å². The number of thiophene rings is 2. The maximum Gasteiger partial charge on any atom is 0.0555 e. The molecule has 0 aliphatic carbocycles. The lowest BCUT2D eigenvalue weighted by atomic mass is 10.0. The lowest BCUT2D eigenvalue weighted by molar-refractivity contribution is 1.30. The molecule has 0 N–H and O–H groups in total. The number of para-hydroxylation sites is 1. The third-order valence-electron chi connectivity index (χ3n) is 8.45. The molecule has 1 nitrogen and oxygen atoms in total. The van der Waals surface area contributed by atoms with Crippen LogP contribution in [0.4, 0.5) is 17.1 Å². The van der Waals surface area contributed by atoms with E-state index in [-0.39, 0.29) is 0 Å². The Kier molecular flexibility index (Phi) is 5.62. The summed E-state index contributed by atoms with van der Waals surface area (Å²) in [6.07, 6.45) is 0.